The SMILES string of the molecule is O=C([O-])[C@@H](Cc1ccccc1)N1C(=O)c2ccccc2C1=O. The molecule has 0 saturated heterocycles. The van der Waals surface area contributed by atoms with Gasteiger partial charge in [0.15, 0.2) is 0 Å². The topological polar surface area (TPSA) is 77.5 Å². The lowest BCUT2D eigenvalue weighted by molar-refractivity contribution is -0.310. The Morgan fingerprint density at radius 1 is 0.909 bits per heavy atom. The van der Waals surface area contributed by atoms with Crippen molar-refractivity contribution in [3.8, 4) is 0 Å². The van der Waals surface area contributed by atoms with Crippen molar-refractivity contribution < 1.29 is 19.5 Å². The monoisotopic (exact) mass is 294 g/mol. The molecule has 0 fully saturated rings. The van der Waals surface area contributed by atoms with Gasteiger partial charge in [-0.1, -0.05) is 42.5 Å². The molecule has 1 aliphatic heterocycles. The van der Waals surface area contributed by atoms with Crippen LogP contribution in [0, 0.1) is 0 Å². The lowest BCUT2D eigenvalue weighted by atomic mass is 10.0. The number of rotatable bonds is 4. The molecule has 0 unspecified atom stereocenters. The summed E-state index contributed by atoms with van der Waals surface area (Å²) in [5.74, 6) is -2.63. The van der Waals surface area contributed by atoms with E-state index in [2.05, 4.69) is 0 Å². The van der Waals surface area contributed by atoms with Crippen LogP contribution in [0.15, 0.2) is 54.6 Å². The molecule has 22 heavy (non-hydrogen) atoms. The number of hydrogen-bond donors (Lipinski definition) is 0. The molecule has 0 saturated carbocycles. The molecule has 5 nitrogen and oxygen atoms in total. The third-order valence-corrected chi connectivity index (χ3v) is 3.68. The molecule has 1 atom stereocenters. The third kappa shape index (κ3) is 2.26. The van der Waals surface area contributed by atoms with E-state index in [0.29, 0.717) is 5.56 Å². The van der Waals surface area contributed by atoms with Crippen molar-refractivity contribution in [1.82, 2.24) is 4.90 Å². The maximum absolute atomic E-state index is 12.4. The minimum atomic E-state index is -1.45. The standard InChI is InChI=1S/C17H13NO4/c19-15-12-8-4-5-9-13(12)16(20)18(15)14(17(21)22)10-11-6-2-1-3-7-11/h1-9,14H,10H2,(H,21,22)/p-1/t14-/m1/s1. The van der Waals surface area contributed by atoms with E-state index < -0.39 is 23.8 Å². The molecule has 0 aromatic heterocycles. The Morgan fingerprint density at radius 2 is 1.41 bits per heavy atom. The summed E-state index contributed by atoms with van der Waals surface area (Å²) in [7, 11) is 0. The average molecular weight is 294 g/mol. The van der Waals surface area contributed by atoms with Crippen LogP contribution in [-0.4, -0.2) is 28.7 Å². The largest absolute Gasteiger partial charge is 0.548 e. The highest BCUT2D eigenvalue weighted by Crippen LogP contribution is 2.25. The van der Waals surface area contributed by atoms with Crippen LogP contribution in [-0.2, 0) is 11.2 Å². The van der Waals surface area contributed by atoms with Gasteiger partial charge in [-0.3, -0.25) is 14.5 Å². The van der Waals surface area contributed by atoms with E-state index in [1.165, 1.54) is 12.1 Å². The lowest BCUT2D eigenvalue weighted by Crippen LogP contribution is -2.51. The molecule has 0 aliphatic carbocycles. The van der Waals surface area contributed by atoms with Crippen molar-refractivity contribution in [3.05, 3.63) is 71.3 Å². The smallest absolute Gasteiger partial charge is 0.262 e. The zero-order chi connectivity index (χ0) is 15.7. The predicted molar refractivity (Wildman–Crippen MR) is 75.9 cm³/mol. The number of carbonyl (C=O) groups is 3. The predicted octanol–water partition coefficient (Wildman–Crippen LogP) is 0.644. The first-order chi connectivity index (χ1) is 10.6. The normalized spacial score (nSPS) is 14.8. The van der Waals surface area contributed by atoms with Crippen LogP contribution in [0.1, 0.15) is 26.3 Å². The van der Waals surface area contributed by atoms with Gasteiger partial charge in [-0.15, -0.1) is 0 Å². The molecule has 2 amide bonds. The maximum atomic E-state index is 12.4. The Hall–Kier alpha value is -2.95. The van der Waals surface area contributed by atoms with Crippen LogP contribution in [0.4, 0.5) is 0 Å². The van der Waals surface area contributed by atoms with Gasteiger partial charge in [-0.05, 0) is 24.1 Å². The maximum Gasteiger partial charge on any atom is 0.262 e. The second-order valence-corrected chi connectivity index (χ2v) is 5.05. The molecule has 5 heteroatoms. The van der Waals surface area contributed by atoms with E-state index in [1.54, 1.807) is 42.5 Å². The second-order valence-electron chi connectivity index (χ2n) is 5.05. The summed E-state index contributed by atoms with van der Waals surface area (Å²) in [4.78, 5) is 37.0. The van der Waals surface area contributed by atoms with Crippen LogP contribution in [0.5, 0.6) is 0 Å². The summed E-state index contributed by atoms with van der Waals surface area (Å²) in [5, 5.41) is 11.5. The Kier molecular flexibility index (Phi) is 3.47. The number of aliphatic carboxylic acids is 1. The van der Waals surface area contributed by atoms with Gasteiger partial charge in [0.2, 0.25) is 0 Å². The summed E-state index contributed by atoms with van der Waals surface area (Å²) < 4.78 is 0. The van der Waals surface area contributed by atoms with E-state index in [4.69, 9.17) is 0 Å². The van der Waals surface area contributed by atoms with Crippen LogP contribution >= 0.6 is 0 Å². The molecule has 1 aliphatic rings. The Balaban J connectivity index is 1.95. The van der Waals surface area contributed by atoms with Crippen molar-refractivity contribution in [2.75, 3.05) is 0 Å². The van der Waals surface area contributed by atoms with Crippen molar-refractivity contribution in [3.63, 3.8) is 0 Å². The van der Waals surface area contributed by atoms with Crippen molar-refractivity contribution in [2.24, 2.45) is 0 Å². The van der Waals surface area contributed by atoms with Gasteiger partial charge in [0.05, 0.1) is 23.1 Å². The highest BCUT2D eigenvalue weighted by atomic mass is 16.4. The van der Waals surface area contributed by atoms with Crippen molar-refractivity contribution in [2.45, 2.75) is 12.5 Å². The van der Waals surface area contributed by atoms with Gasteiger partial charge in [0.1, 0.15) is 0 Å². The summed E-state index contributed by atoms with van der Waals surface area (Å²) >= 11 is 0. The average Bonchev–Trinajstić information content (AvgIpc) is 2.78. The minimum absolute atomic E-state index is 0.0225. The lowest BCUT2D eigenvalue weighted by Gasteiger charge is -2.27. The highest BCUT2D eigenvalue weighted by Gasteiger charge is 2.40. The number of hydrogen-bond acceptors (Lipinski definition) is 4. The number of carboxylic acid groups (broad SMARTS) is 1. The first-order valence-electron chi connectivity index (χ1n) is 6.81. The highest BCUT2D eigenvalue weighted by molar-refractivity contribution is 6.22. The summed E-state index contributed by atoms with van der Waals surface area (Å²) in [5.41, 5.74) is 1.17. The fraction of sp³-hybridized carbons (Fsp3) is 0.118. The number of fused-ring (bicyclic) bond motifs is 1. The molecule has 0 radical (unpaired) electrons. The Labute approximate surface area is 126 Å². The van der Waals surface area contributed by atoms with Gasteiger partial charge in [-0.25, -0.2) is 0 Å². The third-order valence-electron chi connectivity index (χ3n) is 3.68. The van der Waals surface area contributed by atoms with Gasteiger partial charge in [-0.2, -0.15) is 0 Å². The number of nitrogens with zero attached hydrogens (tertiary/aromatic N) is 1. The van der Waals surface area contributed by atoms with Crippen molar-refractivity contribution in [1.29, 1.82) is 0 Å². The molecule has 2 aromatic carbocycles. The van der Waals surface area contributed by atoms with Gasteiger partial charge >= 0.3 is 0 Å². The molecule has 0 bridgehead atoms. The Bertz CT molecular complexity index is 719. The second kappa shape index (κ2) is 5.44. The molecule has 0 N–H and O–H groups in total. The molecular formula is C17H12NO4-. The van der Waals surface area contributed by atoms with Crippen LogP contribution < -0.4 is 5.11 Å². The van der Waals surface area contributed by atoms with Gasteiger partial charge < -0.3 is 9.90 Å². The first kappa shape index (κ1) is 14.0. The number of carboxylic acids is 1. The van der Waals surface area contributed by atoms with Crippen LogP contribution in [0.25, 0.3) is 0 Å². The van der Waals surface area contributed by atoms with E-state index in [9.17, 15) is 19.5 Å². The number of benzene rings is 2. The summed E-state index contributed by atoms with van der Waals surface area (Å²) in [6, 6.07) is 13.8. The Morgan fingerprint density at radius 3 is 1.91 bits per heavy atom. The van der Waals surface area contributed by atoms with E-state index in [1.807, 2.05) is 0 Å². The van der Waals surface area contributed by atoms with Crippen molar-refractivity contribution >= 4 is 17.8 Å². The first-order valence-corrected chi connectivity index (χ1v) is 6.81. The van der Waals surface area contributed by atoms with Gasteiger partial charge in [0, 0.05) is 0 Å². The zero-order valence-corrected chi connectivity index (χ0v) is 11.6. The van der Waals surface area contributed by atoms with E-state index in [-0.39, 0.29) is 17.5 Å². The molecule has 2 aromatic rings. The minimum Gasteiger partial charge on any atom is -0.548 e. The molecule has 0 spiro atoms. The fourth-order valence-electron chi connectivity index (χ4n) is 2.61. The number of amides is 2. The van der Waals surface area contributed by atoms with Crippen LogP contribution in [0.2, 0.25) is 0 Å². The van der Waals surface area contributed by atoms with E-state index in [0.717, 1.165) is 4.90 Å². The molecule has 1 heterocycles. The molecule has 110 valence electrons. The summed E-state index contributed by atoms with van der Waals surface area (Å²) in [6.45, 7) is 0. The number of carbonyl (C=O) groups excluding carboxylic acids is 3. The van der Waals surface area contributed by atoms with E-state index >= 15 is 0 Å². The quantitative estimate of drug-likeness (QED) is 0.775. The molecular weight excluding hydrogens is 282 g/mol. The molecule has 3 rings (SSSR count). The fourth-order valence-corrected chi connectivity index (χ4v) is 2.61. The zero-order valence-electron chi connectivity index (χ0n) is 11.6. The van der Waals surface area contributed by atoms with Gasteiger partial charge in [0.25, 0.3) is 11.8 Å². The number of imide groups is 1. The summed E-state index contributed by atoms with van der Waals surface area (Å²) in [6.07, 6.45) is 0.0225. The van der Waals surface area contributed by atoms with Crippen LogP contribution in [0.3, 0.4) is 0 Å².